The molecule has 0 bridgehead atoms. The molecule has 0 saturated carbocycles. The lowest BCUT2D eigenvalue weighted by molar-refractivity contribution is 0.103. The summed E-state index contributed by atoms with van der Waals surface area (Å²) in [7, 11) is 1.61. The minimum Gasteiger partial charge on any atom is -0.496 e. The van der Waals surface area contributed by atoms with Gasteiger partial charge in [-0.05, 0) is 30.7 Å². The average molecular weight is 289 g/mol. The summed E-state index contributed by atoms with van der Waals surface area (Å²) in [5.74, 6) is 0.488. The van der Waals surface area contributed by atoms with Crippen molar-refractivity contribution < 1.29 is 13.9 Å². The van der Waals surface area contributed by atoms with Gasteiger partial charge < -0.3 is 15.2 Å². The van der Waals surface area contributed by atoms with Crippen LogP contribution in [0.15, 0.2) is 42.5 Å². The molecule has 0 aliphatic rings. The molecule has 0 aliphatic heterocycles. The van der Waals surface area contributed by atoms with E-state index in [1.807, 2.05) is 25.1 Å². The Labute approximate surface area is 124 Å². The zero-order valence-electron chi connectivity index (χ0n) is 12.3. The maximum absolute atomic E-state index is 13.5. The van der Waals surface area contributed by atoms with Crippen molar-refractivity contribution in [3.05, 3.63) is 65.0 Å². The molecule has 0 aromatic heterocycles. The molecule has 2 aromatic rings. The van der Waals surface area contributed by atoms with Crippen molar-refractivity contribution in [2.24, 2.45) is 5.73 Å². The van der Waals surface area contributed by atoms with Gasteiger partial charge in [-0.3, -0.25) is 0 Å². The molecule has 1 unspecified atom stereocenters. The molecule has 3 nitrogen and oxygen atoms in total. The highest BCUT2D eigenvalue weighted by Gasteiger charge is 2.08. The Kier molecular flexibility index (Phi) is 5.31. The SMILES string of the molecule is COc1ccc(C(C)N)cc1COCc1ccccc1F. The van der Waals surface area contributed by atoms with Crippen LogP contribution in [0.5, 0.6) is 5.75 Å². The molecule has 0 fully saturated rings. The van der Waals surface area contributed by atoms with Gasteiger partial charge in [0.15, 0.2) is 0 Å². The Morgan fingerprint density at radius 1 is 1.10 bits per heavy atom. The van der Waals surface area contributed by atoms with Crippen LogP contribution >= 0.6 is 0 Å². The summed E-state index contributed by atoms with van der Waals surface area (Å²) >= 11 is 0. The number of hydrogen-bond donors (Lipinski definition) is 1. The first-order chi connectivity index (χ1) is 10.1. The van der Waals surface area contributed by atoms with Gasteiger partial charge in [-0.15, -0.1) is 0 Å². The van der Waals surface area contributed by atoms with Crippen LogP contribution in [0.3, 0.4) is 0 Å². The molecular weight excluding hydrogens is 269 g/mol. The second-order valence-electron chi connectivity index (χ2n) is 4.94. The van der Waals surface area contributed by atoms with Crippen molar-refractivity contribution in [1.29, 1.82) is 0 Å². The van der Waals surface area contributed by atoms with Crippen molar-refractivity contribution in [2.75, 3.05) is 7.11 Å². The molecule has 0 amide bonds. The standard InChI is InChI=1S/C17H20FNO2/c1-12(19)13-7-8-17(20-2)15(9-13)11-21-10-14-5-3-4-6-16(14)18/h3-9,12H,10-11,19H2,1-2H3. The van der Waals surface area contributed by atoms with Crippen LogP contribution in [0.2, 0.25) is 0 Å². The first kappa shape index (κ1) is 15.5. The first-order valence-electron chi connectivity index (χ1n) is 6.85. The fraction of sp³-hybridized carbons (Fsp3) is 0.294. The second-order valence-corrected chi connectivity index (χ2v) is 4.94. The van der Waals surface area contributed by atoms with Crippen LogP contribution in [0.1, 0.15) is 29.7 Å². The smallest absolute Gasteiger partial charge is 0.128 e. The summed E-state index contributed by atoms with van der Waals surface area (Å²) in [4.78, 5) is 0. The van der Waals surface area contributed by atoms with Crippen LogP contribution in [0.4, 0.5) is 4.39 Å². The number of methoxy groups -OCH3 is 1. The molecule has 0 spiro atoms. The molecule has 2 N–H and O–H groups in total. The topological polar surface area (TPSA) is 44.5 Å². The fourth-order valence-electron chi connectivity index (χ4n) is 2.08. The van der Waals surface area contributed by atoms with Gasteiger partial charge in [0.1, 0.15) is 11.6 Å². The maximum Gasteiger partial charge on any atom is 0.128 e. The van der Waals surface area contributed by atoms with Crippen molar-refractivity contribution in [1.82, 2.24) is 0 Å². The molecular formula is C17H20FNO2. The first-order valence-corrected chi connectivity index (χ1v) is 6.85. The van der Waals surface area contributed by atoms with E-state index in [0.29, 0.717) is 12.2 Å². The van der Waals surface area contributed by atoms with Crippen LogP contribution in [0.25, 0.3) is 0 Å². The summed E-state index contributed by atoms with van der Waals surface area (Å²) in [6.07, 6.45) is 0. The monoisotopic (exact) mass is 289 g/mol. The largest absolute Gasteiger partial charge is 0.496 e. The Bertz CT molecular complexity index is 599. The molecule has 0 aliphatic carbocycles. The predicted octanol–water partition coefficient (Wildman–Crippen LogP) is 3.57. The lowest BCUT2D eigenvalue weighted by Gasteiger charge is -2.13. The summed E-state index contributed by atoms with van der Waals surface area (Å²) in [6.45, 7) is 2.49. The van der Waals surface area contributed by atoms with Crippen LogP contribution in [0, 0.1) is 5.82 Å². The van der Waals surface area contributed by atoms with E-state index < -0.39 is 0 Å². The van der Waals surface area contributed by atoms with E-state index in [1.165, 1.54) is 6.07 Å². The van der Waals surface area contributed by atoms with Gasteiger partial charge in [-0.1, -0.05) is 24.3 Å². The van der Waals surface area contributed by atoms with Gasteiger partial charge in [-0.2, -0.15) is 0 Å². The van der Waals surface area contributed by atoms with Crippen molar-refractivity contribution >= 4 is 0 Å². The highest BCUT2D eigenvalue weighted by atomic mass is 19.1. The van der Waals surface area contributed by atoms with E-state index in [9.17, 15) is 4.39 Å². The summed E-state index contributed by atoms with van der Waals surface area (Å²) in [5.41, 5.74) is 8.34. The fourth-order valence-corrected chi connectivity index (χ4v) is 2.08. The number of nitrogens with two attached hydrogens (primary N) is 1. The molecule has 1 atom stereocenters. The van der Waals surface area contributed by atoms with Crippen LogP contribution < -0.4 is 10.5 Å². The Hall–Kier alpha value is -1.91. The van der Waals surface area contributed by atoms with Crippen molar-refractivity contribution in [3.63, 3.8) is 0 Å². The van der Waals surface area contributed by atoms with E-state index in [1.54, 1.807) is 25.3 Å². The molecule has 0 saturated heterocycles. The number of rotatable bonds is 6. The molecule has 4 heteroatoms. The summed E-state index contributed by atoms with van der Waals surface area (Å²) in [5, 5.41) is 0. The van der Waals surface area contributed by atoms with E-state index in [4.69, 9.17) is 15.2 Å². The number of hydrogen-bond acceptors (Lipinski definition) is 3. The zero-order valence-corrected chi connectivity index (χ0v) is 12.3. The molecule has 21 heavy (non-hydrogen) atoms. The predicted molar refractivity (Wildman–Crippen MR) is 80.5 cm³/mol. The highest BCUT2D eigenvalue weighted by Crippen LogP contribution is 2.23. The van der Waals surface area contributed by atoms with Crippen molar-refractivity contribution in [3.8, 4) is 5.75 Å². The molecule has 0 heterocycles. The number of ether oxygens (including phenoxy) is 2. The Balaban J connectivity index is 2.05. The quantitative estimate of drug-likeness (QED) is 0.884. The summed E-state index contributed by atoms with van der Waals surface area (Å²) in [6, 6.07) is 12.3. The number of halogens is 1. The normalized spacial score (nSPS) is 12.2. The third-order valence-electron chi connectivity index (χ3n) is 3.30. The van der Waals surface area contributed by atoms with E-state index >= 15 is 0 Å². The lowest BCUT2D eigenvalue weighted by atomic mass is 10.1. The van der Waals surface area contributed by atoms with Gasteiger partial charge >= 0.3 is 0 Å². The van der Waals surface area contributed by atoms with Gasteiger partial charge in [0.05, 0.1) is 20.3 Å². The third-order valence-corrected chi connectivity index (χ3v) is 3.30. The Morgan fingerprint density at radius 2 is 1.81 bits per heavy atom. The van der Waals surface area contributed by atoms with E-state index in [-0.39, 0.29) is 18.5 Å². The number of benzene rings is 2. The minimum absolute atomic E-state index is 0.0544. The third kappa shape index (κ3) is 4.03. The van der Waals surface area contributed by atoms with Gasteiger partial charge in [-0.25, -0.2) is 4.39 Å². The highest BCUT2D eigenvalue weighted by molar-refractivity contribution is 5.37. The minimum atomic E-state index is -0.256. The average Bonchev–Trinajstić information content (AvgIpc) is 2.49. The van der Waals surface area contributed by atoms with E-state index in [2.05, 4.69) is 0 Å². The lowest BCUT2D eigenvalue weighted by Crippen LogP contribution is -2.06. The molecule has 0 radical (unpaired) electrons. The van der Waals surface area contributed by atoms with Crippen LogP contribution in [-0.4, -0.2) is 7.11 Å². The molecule has 112 valence electrons. The van der Waals surface area contributed by atoms with Crippen molar-refractivity contribution in [2.45, 2.75) is 26.2 Å². The molecule has 2 rings (SSSR count). The second kappa shape index (κ2) is 7.20. The Morgan fingerprint density at radius 3 is 2.48 bits per heavy atom. The molecule has 2 aromatic carbocycles. The van der Waals surface area contributed by atoms with E-state index in [0.717, 1.165) is 16.9 Å². The van der Waals surface area contributed by atoms with Crippen LogP contribution in [-0.2, 0) is 18.0 Å². The summed E-state index contributed by atoms with van der Waals surface area (Å²) < 4.78 is 24.4. The van der Waals surface area contributed by atoms with Gasteiger partial charge in [0, 0.05) is 17.2 Å². The van der Waals surface area contributed by atoms with Gasteiger partial charge in [0.2, 0.25) is 0 Å². The van der Waals surface area contributed by atoms with Gasteiger partial charge in [0.25, 0.3) is 0 Å². The maximum atomic E-state index is 13.5. The zero-order chi connectivity index (χ0) is 15.2.